The van der Waals surface area contributed by atoms with Crippen molar-refractivity contribution in [3.8, 4) is 5.69 Å². The predicted molar refractivity (Wildman–Crippen MR) is 83.2 cm³/mol. The quantitative estimate of drug-likeness (QED) is 0.882. The molecule has 2 N–H and O–H groups in total. The lowest BCUT2D eigenvalue weighted by Gasteiger charge is -2.20. The molecule has 0 bridgehead atoms. The van der Waals surface area contributed by atoms with Crippen LogP contribution in [0.4, 0.5) is 0 Å². The Balaban J connectivity index is 1.83. The number of nitrogens with zero attached hydrogens (tertiary/aromatic N) is 2. The molecule has 0 spiro atoms. The first-order valence-electron chi connectivity index (χ1n) is 7.05. The highest BCUT2D eigenvalue weighted by Crippen LogP contribution is 2.07. The van der Waals surface area contributed by atoms with E-state index in [1.807, 2.05) is 68.2 Å². The summed E-state index contributed by atoms with van der Waals surface area (Å²) in [5, 5.41) is 10.4. The monoisotopic (exact) mass is 286 g/mol. The van der Waals surface area contributed by atoms with Gasteiger partial charge in [-0.15, -0.1) is 0 Å². The molecular weight excluding hydrogens is 264 g/mol. The zero-order valence-corrected chi connectivity index (χ0v) is 12.8. The molecule has 0 aliphatic carbocycles. The summed E-state index contributed by atoms with van der Waals surface area (Å²) in [6.07, 6.45) is 3.77. The van der Waals surface area contributed by atoms with Crippen LogP contribution in [0, 0.1) is 0 Å². The average molecular weight is 286 g/mol. The summed E-state index contributed by atoms with van der Waals surface area (Å²) in [7, 11) is 0. The Hall–Kier alpha value is -2.14. The van der Waals surface area contributed by atoms with Gasteiger partial charge in [-0.05, 0) is 32.9 Å². The largest absolute Gasteiger partial charge is 0.350 e. The second-order valence-corrected chi connectivity index (χ2v) is 6.03. The number of rotatable bonds is 5. The fraction of sp³-hybridized carbons (Fsp3) is 0.375. The van der Waals surface area contributed by atoms with Crippen LogP contribution in [0.15, 0.2) is 42.7 Å². The van der Waals surface area contributed by atoms with E-state index in [4.69, 9.17) is 0 Å². The van der Waals surface area contributed by atoms with E-state index in [9.17, 15) is 4.79 Å². The summed E-state index contributed by atoms with van der Waals surface area (Å²) in [4.78, 5) is 11.7. The summed E-state index contributed by atoms with van der Waals surface area (Å²) >= 11 is 0. The van der Waals surface area contributed by atoms with Gasteiger partial charge in [0.15, 0.2) is 0 Å². The average Bonchev–Trinajstić information content (AvgIpc) is 2.86. The van der Waals surface area contributed by atoms with Gasteiger partial charge in [0, 0.05) is 23.8 Å². The molecule has 1 amide bonds. The van der Waals surface area contributed by atoms with Crippen molar-refractivity contribution >= 4 is 5.91 Å². The van der Waals surface area contributed by atoms with E-state index in [2.05, 4.69) is 15.7 Å². The molecule has 0 fully saturated rings. The minimum atomic E-state index is -0.197. The molecule has 5 nitrogen and oxygen atoms in total. The summed E-state index contributed by atoms with van der Waals surface area (Å²) in [6.45, 7) is 6.82. The predicted octanol–water partition coefficient (Wildman–Crippen LogP) is 1.88. The molecule has 1 aromatic heterocycles. The van der Waals surface area contributed by atoms with Gasteiger partial charge in [-0.25, -0.2) is 4.68 Å². The molecule has 1 heterocycles. The highest BCUT2D eigenvalue weighted by molar-refractivity contribution is 5.78. The Bertz CT molecular complexity index is 584. The lowest BCUT2D eigenvalue weighted by molar-refractivity contribution is -0.121. The molecule has 0 aliphatic heterocycles. The number of carbonyl (C=O) groups is 1. The smallest absolute Gasteiger partial charge is 0.234 e. The van der Waals surface area contributed by atoms with E-state index in [0.29, 0.717) is 13.1 Å². The summed E-state index contributed by atoms with van der Waals surface area (Å²) in [6, 6.07) is 9.93. The van der Waals surface area contributed by atoms with Gasteiger partial charge >= 0.3 is 0 Å². The second kappa shape index (κ2) is 6.54. The number of benzene rings is 1. The van der Waals surface area contributed by atoms with E-state index < -0.39 is 0 Å². The maximum Gasteiger partial charge on any atom is 0.234 e. The molecule has 112 valence electrons. The van der Waals surface area contributed by atoms with Gasteiger partial charge in [-0.2, -0.15) is 5.10 Å². The van der Waals surface area contributed by atoms with Crippen LogP contribution in [-0.2, 0) is 11.3 Å². The van der Waals surface area contributed by atoms with Gasteiger partial charge in [0.05, 0.1) is 18.4 Å². The van der Waals surface area contributed by atoms with Crippen LogP contribution in [0.1, 0.15) is 26.3 Å². The van der Waals surface area contributed by atoms with E-state index in [1.165, 1.54) is 0 Å². The number of aromatic nitrogens is 2. The number of nitrogens with one attached hydrogen (secondary N) is 2. The van der Waals surface area contributed by atoms with Crippen LogP contribution in [0.25, 0.3) is 5.69 Å². The van der Waals surface area contributed by atoms with Crippen LogP contribution >= 0.6 is 0 Å². The van der Waals surface area contributed by atoms with Gasteiger partial charge in [-0.3, -0.25) is 4.79 Å². The zero-order valence-electron chi connectivity index (χ0n) is 12.8. The fourth-order valence-corrected chi connectivity index (χ4v) is 1.96. The fourth-order valence-electron chi connectivity index (χ4n) is 1.96. The van der Waals surface area contributed by atoms with E-state index >= 15 is 0 Å². The SMILES string of the molecule is CC(C)(C)NC(=O)CNCc1cnn(-c2ccccc2)c1. The molecule has 2 rings (SSSR count). The van der Waals surface area contributed by atoms with Gasteiger partial charge in [0.25, 0.3) is 0 Å². The standard InChI is InChI=1S/C16H22N4O/c1-16(2,3)19-15(21)11-17-9-13-10-18-20(12-13)14-7-5-4-6-8-14/h4-8,10,12,17H,9,11H2,1-3H3,(H,19,21). The number of amides is 1. The minimum absolute atomic E-state index is 0.00190. The molecule has 0 saturated carbocycles. The van der Waals surface area contributed by atoms with Crippen molar-refractivity contribution in [2.45, 2.75) is 32.9 Å². The van der Waals surface area contributed by atoms with Gasteiger partial charge in [0.2, 0.25) is 5.91 Å². The second-order valence-electron chi connectivity index (χ2n) is 6.03. The Morgan fingerprint density at radius 2 is 1.95 bits per heavy atom. The number of hydrogen-bond acceptors (Lipinski definition) is 3. The highest BCUT2D eigenvalue weighted by atomic mass is 16.2. The van der Waals surface area contributed by atoms with Crippen LogP contribution in [0.5, 0.6) is 0 Å². The first-order valence-corrected chi connectivity index (χ1v) is 7.05. The molecule has 0 aliphatic rings. The summed E-state index contributed by atoms with van der Waals surface area (Å²) in [5.41, 5.74) is 1.87. The van der Waals surface area contributed by atoms with Crippen LogP contribution in [-0.4, -0.2) is 27.8 Å². The van der Waals surface area contributed by atoms with Crippen molar-refractivity contribution in [3.63, 3.8) is 0 Å². The molecule has 0 unspecified atom stereocenters. The molecule has 21 heavy (non-hydrogen) atoms. The van der Waals surface area contributed by atoms with Crippen molar-refractivity contribution in [1.82, 2.24) is 20.4 Å². The zero-order chi connectivity index (χ0) is 15.3. The Kier molecular flexibility index (Phi) is 4.75. The molecule has 0 saturated heterocycles. The van der Waals surface area contributed by atoms with Crippen LogP contribution < -0.4 is 10.6 Å². The Labute approximate surface area is 125 Å². The van der Waals surface area contributed by atoms with Crippen molar-refractivity contribution in [3.05, 3.63) is 48.3 Å². The Morgan fingerprint density at radius 1 is 1.24 bits per heavy atom. The van der Waals surface area contributed by atoms with Crippen molar-refractivity contribution in [2.75, 3.05) is 6.54 Å². The summed E-state index contributed by atoms with van der Waals surface area (Å²) in [5.74, 6) is -0.00190. The molecule has 2 aromatic rings. The molecule has 0 radical (unpaired) electrons. The van der Waals surface area contributed by atoms with Crippen molar-refractivity contribution in [1.29, 1.82) is 0 Å². The first-order chi connectivity index (χ1) is 9.94. The normalized spacial score (nSPS) is 11.4. The van der Waals surface area contributed by atoms with Crippen molar-refractivity contribution < 1.29 is 4.79 Å². The van der Waals surface area contributed by atoms with Crippen molar-refractivity contribution in [2.24, 2.45) is 0 Å². The van der Waals surface area contributed by atoms with E-state index in [0.717, 1.165) is 11.3 Å². The van der Waals surface area contributed by atoms with Gasteiger partial charge < -0.3 is 10.6 Å². The Morgan fingerprint density at radius 3 is 2.62 bits per heavy atom. The van der Waals surface area contributed by atoms with Gasteiger partial charge in [-0.1, -0.05) is 18.2 Å². The highest BCUT2D eigenvalue weighted by Gasteiger charge is 2.12. The maximum absolute atomic E-state index is 11.7. The van der Waals surface area contributed by atoms with E-state index in [-0.39, 0.29) is 11.4 Å². The first kappa shape index (κ1) is 15.3. The maximum atomic E-state index is 11.7. The minimum Gasteiger partial charge on any atom is -0.350 e. The summed E-state index contributed by atoms with van der Waals surface area (Å²) < 4.78 is 1.83. The molecule has 5 heteroatoms. The number of carbonyl (C=O) groups excluding carboxylic acids is 1. The number of hydrogen-bond donors (Lipinski definition) is 2. The molecular formula is C16H22N4O. The third kappa shape index (κ3) is 5.04. The third-order valence-corrected chi connectivity index (χ3v) is 2.79. The topological polar surface area (TPSA) is 59.0 Å². The lowest BCUT2D eigenvalue weighted by atomic mass is 10.1. The molecule has 0 atom stereocenters. The van der Waals surface area contributed by atoms with Crippen LogP contribution in [0.3, 0.4) is 0 Å². The number of para-hydroxylation sites is 1. The van der Waals surface area contributed by atoms with Gasteiger partial charge in [0.1, 0.15) is 0 Å². The van der Waals surface area contributed by atoms with Crippen LogP contribution in [0.2, 0.25) is 0 Å². The third-order valence-electron chi connectivity index (χ3n) is 2.79. The van der Waals surface area contributed by atoms with E-state index in [1.54, 1.807) is 0 Å². The molecule has 1 aromatic carbocycles. The lowest BCUT2D eigenvalue weighted by Crippen LogP contribution is -2.44.